The molecule has 2 rings (SSSR count). The Balaban J connectivity index is 2.21. The van der Waals surface area contributed by atoms with Crippen LogP contribution in [0.5, 0.6) is 11.5 Å². The summed E-state index contributed by atoms with van der Waals surface area (Å²) in [6.07, 6.45) is 1.55. The number of halogens is 1. The van der Waals surface area contributed by atoms with Crippen molar-refractivity contribution in [2.45, 2.75) is 13.2 Å². The van der Waals surface area contributed by atoms with Gasteiger partial charge in [0.05, 0.1) is 18.7 Å². The Morgan fingerprint density at radius 2 is 2.14 bits per heavy atom. The van der Waals surface area contributed by atoms with Crippen LogP contribution in [0.15, 0.2) is 30.5 Å². The molecule has 0 saturated heterocycles. The molecule has 0 atom stereocenters. The molecule has 0 radical (unpaired) electrons. The predicted octanol–water partition coefficient (Wildman–Crippen LogP) is 2.69. The largest absolute Gasteiger partial charge is 0.493 e. The van der Waals surface area contributed by atoms with Crippen molar-refractivity contribution >= 4 is 11.6 Å². The molecular weight excluding hydrogens is 292 g/mol. The van der Waals surface area contributed by atoms with Gasteiger partial charge in [-0.05, 0) is 35.4 Å². The second kappa shape index (κ2) is 6.93. The van der Waals surface area contributed by atoms with Crippen molar-refractivity contribution < 1.29 is 14.6 Å². The number of hydrogen-bond donors (Lipinski definition) is 1. The molecule has 1 N–H and O–H groups in total. The van der Waals surface area contributed by atoms with E-state index in [1.807, 2.05) is 6.07 Å². The smallest absolute Gasteiger partial charge is 0.180 e. The van der Waals surface area contributed by atoms with E-state index < -0.39 is 0 Å². The lowest BCUT2D eigenvalue weighted by Gasteiger charge is -2.13. The van der Waals surface area contributed by atoms with Gasteiger partial charge in [0.2, 0.25) is 0 Å². The van der Waals surface area contributed by atoms with Crippen molar-refractivity contribution in [2.75, 3.05) is 7.11 Å². The maximum absolute atomic E-state index is 9.15. The number of rotatable bonds is 5. The second-order valence-corrected chi connectivity index (χ2v) is 4.62. The molecule has 6 heteroatoms. The summed E-state index contributed by atoms with van der Waals surface area (Å²) in [5.74, 6) is 0.841. The number of ether oxygens (including phenoxy) is 2. The predicted molar refractivity (Wildman–Crippen MR) is 77.2 cm³/mol. The van der Waals surface area contributed by atoms with Gasteiger partial charge in [-0.15, -0.1) is 0 Å². The summed E-state index contributed by atoms with van der Waals surface area (Å²) >= 11 is 6.14. The van der Waals surface area contributed by atoms with Crippen LogP contribution in [0.2, 0.25) is 5.02 Å². The molecule has 1 heterocycles. The average Bonchev–Trinajstić information content (AvgIpc) is 2.53. The van der Waals surface area contributed by atoms with Gasteiger partial charge in [-0.2, -0.15) is 5.26 Å². The Kier molecular flexibility index (Phi) is 4.99. The molecule has 0 unspecified atom stereocenters. The van der Waals surface area contributed by atoms with Crippen LogP contribution in [0, 0.1) is 11.3 Å². The van der Waals surface area contributed by atoms with Crippen molar-refractivity contribution in [3.05, 3.63) is 52.3 Å². The zero-order chi connectivity index (χ0) is 15.2. The Hall–Kier alpha value is -2.29. The Labute approximate surface area is 127 Å². The quantitative estimate of drug-likeness (QED) is 0.919. The molecule has 0 spiro atoms. The monoisotopic (exact) mass is 304 g/mol. The summed E-state index contributed by atoms with van der Waals surface area (Å²) in [4.78, 5) is 3.89. The number of benzene rings is 1. The van der Waals surface area contributed by atoms with Crippen LogP contribution in [0.1, 0.15) is 16.8 Å². The van der Waals surface area contributed by atoms with Crippen LogP contribution in [0.25, 0.3) is 0 Å². The average molecular weight is 305 g/mol. The summed E-state index contributed by atoms with van der Waals surface area (Å²) < 4.78 is 10.9. The normalized spacial score (nSPS) is 10.0. The zero-order valence-corrected chi connectivity index (χ0v) is 12.1. The lowest BCUT2D eigenvalue weighted by molar-refractivity contribution is 0.274. The van der Waals surface area contributed by atoms with Crippen molar-refractivity contribution in [3.63, 3.8) is 0 Å². The van der Waals surface area contributed by atoms with E-state index in [0.717, 1.165) is 5.56 Å². The summed E-state index contributed by atoms with van der Waals surface area (Å²) in [6.45, 7) is 0.0952. The van der Waals surface area contributed by atoms with Gasteiger partial charge in [-0.25, -0.2) is 4.98 Å². The highest BCUT2D eigenvalue weighted by Crippen LogP contribution is 2.36. The molecule has 0 amide bonds. The summed E-state index contributed by atoms with van der Waals surface area (Å²) in [6, 6.07) is 8.64. The third-order valence-corrected chi connectivity index (χ3v) is 3.07. The Morgan fingerprint density at radius 3 is 2.81 bits per heavy atom. The van der Waals surface area contributed by atoms with E-state index in [1.54, 1.807) is 30.5 Å². The maximum Gasteiger partial charge on any atom is 0.180 e. The zero-order valence-electron chi connectivity index (χ0n) is 11.3. The molecular formula is C15H13ClN2O3. The molecule has 0 saturated carbocycles. The van der Waals surface area contributed by atoms with Crippen LogP contribution in [-0.4, -0.2) is 17.2 Å². The standard InChI is InChI=1S/C15H13ClN2O3/c1-20-14-6-11(8-19)5-13(16)15(14)21-9-10-2-3-18-12(4-10)7-17/h2-6,19H,8-9H2,1H3. The van der Waals surface area contributed by atoms with E-state index in [9.17, 15) is 0 Å². The summed E-state index contributed by atoms with van der Waals surface area (Å²) in [5, 5.41) is 18.3. The number of aromatic nitrogens is 1. The number of nitriles is 1. The van der Waals surface area contributed by atoms with Crippen LogP contribution in [-0.2, 0) is 13.2 Å². The highest BCUT2D eigenvalue weighted by atomic mass is 35.5. The molecule has 0 aliphatic carbocycles. The lowest BCUT2D eigenvalue weighted by atomic mass is 10.2. The molecule has 0 aliphatic rings. The summed E-state index contributed by atoms with van der Waals surface area (Å²) in [5.41, 5.74) is 1.76. The van der Waals surface area contributed by atoms with Gasteiger partial charge in [0, 0.05) is 6.20 Å². The minimum Gasteiger partial charge on any atom is -0.493 e. The molecule has 0 fully saturated rings. The number of aliphatic hydroxyl groups is 1. The number of hydrogen-bond acceptors (Lipinski definition) is 5. The SMILES string of the molecule is COc1cc(CO)cc(Cl)c1OCc1ccnc(C#N)c1. The van der Waals surface area contributed by atoms with E-state index in [4.69, 9.17) is 31.4 Å². The molecule has 108 valence electrons. The van der Waals surface area contributed by atoms with Crippen LogP contribution in [0.3, 0.4) is 0 Å². The topological polar surface area (TPSA) is 75.4 Å². The fourth-order valence-corrected chi connectivity index (χ4v) is 2.07. The highest BCUT2D eigenvalue weighted by Gasteiger charge is 2.12. The van der Waals surface area contributed by atoms with Gasteiger partial charge in [0.15, 0.2) is 11.5 Å². The number of methoxy groups -OCH3 is 1. The van der Waals surface area contributed by atoms with E-state index in [1.165, 1.54) is 7.11 Å². The fourth-order valence-electron chi connectivity index (χ4n) is 1.79. The van der Waals surface area contributed by atoms with E-state index in [2.05, 4.69) is 4.98 Å². The third-order valence-electron chi connectivity index (χ3n) is 2.79. The first kappa shape index (κ1) is 15.1. The molecule has 5 nitrogen and oxygen atoms in total. The minimum atomic E-state index is -0.133. The highest BCUT2D eigenvalue weighted by molar-refractivity contribution is 6.32. The first-order chi connectivity index (χ1) is 10.2. The lowest BCUT2D eigenvalue weighted by Crippen LogP contribution is -2.00. The summed E-state index contributed by atoms with van der Waals surface area (Å²) in [7, 11) is 1.50. The van der Waals surface area contributed by atoms with Crippen LogP contribution < -0.4 is 9.47 Å². The van der Waals surface area contributed by atoms with Crippen molar-refractivity contribution in [1.29, 1.82) is 5.26 Å². The molecule has 0 aliphatic heterocycles. The molecule has 2 aromatic rings. The van der Waals surface area contributed by atoms with Crippen LogP contribution in [0.4, 0.5) is 0 Å². The first-order valence-electron chi connectivity index (χ1n) is 6.13. The van der Waals surface area contributed by atoms with Gasteiger partial charge in [0.1, 0.15) is 18.4 Å². The molecule has 21 heavy (non-hydrogen) atoms. The van der Waals surface area contributed by atoms with Gasteiger partial charge >= 0.3 is 0 Å². The van der Waals surface area contributed by atoms with Gasteiger partial charge in [-0.3, -0.25) is 0 Å². The first-order valence-corrected chi connectivity index (χ1v) is 6.50. The molecule has 1 aromatic carbocycles. The van der Waals surface area contributed by atoms with Crippen LogP contribution >= 0.6 is 11.6 Å². The maximum atomic E-state index is 9.15. The number of aliphatic hydroxyl groups excluding tert-OH is 1. The number of nitrogens with zero attached hydrogens (tertiary/aromatic N) is 2. The fraction of sp³-hybridized carbons (Fsp3) is 0.200. The van der Waals surface area contributed by atoms with E-state index in [-0.39, 0.29) is 13.2 Å². The van der Waals surface area contributed by atoms with Gasteiger partial charge in [-0.1, -0.05) is 11.6 Å². The van der Waals surface area contributed by atoms with E-state index >= 15 is 0 Å². The second-order valence-electron chi connectivity index (χ2n) is 4.22. The Bertz CT molecular complexity index is 683. The van der Waals surface area contributed by atoms with Crippen molar-refractivity contribution in [1.82, 2.24) is 4.98 Å². The van der Waals surface area contributed by atoms with Gasteiger partial charge in [0.25, 0.3) is 0 Å². The molecule has 0 bridgehead atoms. The van der Waals surface area contributed by atoms with Crippen molar-refractivity contribution in [2.24, 2.45) is 0 Å². The minimum absolute atomic E-state index is 0.133. The van der Waals surface area contributed by atoms with E-state index in [0.29, 0.717) is 27.8 Å². The number of pyridine rings is 1. The van der Waals surface area contributed by atoms with Crippen molar-refractivity contribution in [3.8, 4) is 17.6 Å². The van der Waals surface area contributed by atoms with Gasteiger partial charge < -0.3 is 14.6 Å². The Morgan fingerprint density at radius 1 is 1.33 bits per heavy atom. The molecule has 1 aromatic heterocycles. The third kappa shape index (κ3) is 3.63.